The van der Waals surface area contributed by atoms with Crippen molar-refractivity contribution in [3.8, 4) is 0 Å². The number of hydrogen-bond donors (Lipinski definition) is 2. The lowest BCUT2D eigenvalue weighted by Crippen LogP contribution is -2.47. The molecule has 2 saturated heterocycles. The van der Waals surface area contributed by atoms with Crippen molar-refractivity contribution in [3.05, 3.63) is 0 Å². The average molecular weight is 323 g/mol. The lowest BCUT2D eigenvalue weighted by atomic mass is 9.84. The second kappa shape index (κ2) is 9.29. The minimum atomic E-state index is 0.0637. The smallest absolute Gasteiger partial charge is 0.193 e. The van der Waals surface area contributed by atoms with Crippen LogP contribution in [0.3, 0.4) is 0 Å². The van der Waals surface area contributed by atoms with Crippen LogP contribution >= 0.6 is 0 Å². The summed E-state index contributed by atoms with van der Waals surface area (Å²) in [7, 11) is 0. The maximum atomic E-state index is 8.13. The number of hydrogen-bond acceptors (Lipinski definition) is 2. The standard InChI is InChI=1S/C11H21N3.C8H17N/c12-11(13-7-3-1-4-8-13)14-9-5-2-6-10-14;1-6(2)7(9)8(3,4)5/h12H,1-10H2;6,9H,1-5H3. The lowest BCUT2D eigenvalue weighted by Gasteiger charge is -2.37. The van der Waals surface area contributed by atoms with Crippen LogP contribution in [0.25, 0.3) is 0 Å². The van der Waals surface area contributed by atoms with Crippen molar-refractivity contribution in [2.24, 2.45) is 11.3 Å². The Morgan fingerprint density at radius 2 is 1.09 bits per heavy atom. The molecule has 0 saturated carbocycles. The number of likely N-dealkylation sites (tertiary alicyclic amines) is 2. The van der Waals surface area contributed by atoms with Crippen LogP contribution in [0.1, 0.15) is 73.1 Å². The van der Waals surface area contributed by atoms with E-state index < -0.39 is 0 Å². The van der Waals surface area contributed by atoms with Crippen molar-refractivity contribution >= 4 is 11.7 Å². The molecular formula is C19H38N4. The van der Waals surface area contributed by atoms with Crippen molar-refractivity contribution in [1.29, 1.82) is 10.8 Å². The quantitative estimate of drug-likeness (QED) is 0.547. The van der Waals surface area contributed by atoms with Gasteiger partial charge in [0.1, 0.15) is 0 Å². The van der Waals surface area contributed by atoms with E-state index in [1.807, 2.05) is 0 Å². The molecule has 0 atom stereocenters. The van der Waals surface area contributed by atoms with Gasteiger partial charge in [-0.05, 0) is 49.9 Å². The summed E-state index contributed by atoms with van der Waals surface area (Å²) in [6.45, 7) is 14.8. The van der Waals surface area contributed by atoms with Gasteiger partial charge in [-0.1, -0.05) is 34.6 Å². The van der Waals surface area contributed by atoms with Crippen molar-refractivity contribution in [1.82, 2.24) is 9.80 Å². The van der Waals surface area contributed by atoms with Crippen LogP contribution in [0.15, 0.2) is 0 Å². The zero-order valence-corrected chi connectivity index (χ0v) is 16.0. The predicted octanol–water partition coefficient (Wildman–Crippen LogP) is 4.60. The minimum absolute atomic E-state index is 0.0637. The molecule has 2 fully saturated rings. The summed E-state index contributed by atoms with van der Waals surface area (Å²) >= 11 is 0. The Bertz CT molecular complexity index is 349. The summed E-state index contributed by atoms with van der Waals surface area (Å²) < 4.78 is 0. The van der Waals surface area contributed by atoms with Crippen molar-refractivity contribution in [3.63, 3.8) is 0 Å². The highest BCUT2D eigenvalue weighted by Crippen LogP contribution is 2.19. The molecule has 0 amide bonds. The Kier molecular flexibility index (Phi) is 8.07. The second-order valence-corrected chi connectivity index (χ2v) is 8.24. The highest BCUT2D eigenvalue weighted by atomic mass is 15.4. The average Bonchev–Trinajstić information content (AvgIpc) is 2.54. The number of guanidine groups is 1. The molecule has 0 aromatic heterocycles. The molecule has 2 heterocycles. The molecular weight excluding hydrogens is 284 g/mol. The minimum Gasteiger partial charge on any atom is -0.343 e. The van der Waals surface area contributed by atoms with Crippen LogP contribution in [0.2, 0.25) is 0 Å². The Morgan fingerprint density at radius 1 is 0.739 bits per heavy atom. The van der Waals surface area contributed by atoms with Crippen LogP contribution in [-0.2, 0) is 0 Å². The topological polar surface area (TPSA) is 54.2 Å². The molecule has 23 heavy (non-hydrogen) atoms. The Morgan fingerprint density at radius 3 is 1.30 bits per heavy atom. The molecule has 0 radical (unpaired) electrons. The van der Waals surface area contributed by atoms with Crippen molar-refractivity contribution in [2.45, 2.75) is 73.1 Å². The summed E-state index contributed by atoms with van der Waals surface area (Å²) in [6, 6.07) is 0. The second-order valence-electron chi connectivity index (χ2n) is 8.24. The van der Waals surface area contributed by atoms with Crippen LogP contribution in [0, 0.1) is 22.2 Å². The van der Waals surface area contributed by atoms with E-state index in [-0.39, 0.29) is 5.41 Å². The van der Waals surface area contributed by atoms with Gasteiger partial charge in [0.15, 0.2) is 5.96 Å². The molecule has 0 bridgehead atoms. The fourth-order valence-corrected chi connectivity index (χ4v) is 3.28. The molecule has 134 valence electrons. The molecule has 4 heteroatoms. The SMILES string of the molecule is CC(C)C(=N)C(C)(C)C.N=C(N1CCCCC1)N1CCCCC1. The number of piperidine rings is 2. The Hall–Kier alpha value is -1.06. The van der Waals surface area contributed by atoms with E-state index in [4.69, 9.17) is 10.8 Å². The number of nitrogens with zero attached hydrogens (tertiary/aromatic N) is 2. The van der Waals surface area contributed by atoms with Gasteiger partial charge >= 0.3 is 0 Å². The molecule has 0 spiro atoms. The first-order chi connectivity index (χ1) is 10.7. The Labute approximate surface area is 143 Å². The predicted molar refractivity (Wildman–Crippen MR) is 101 cm³/mol. The van der Waals surface area contributed by atoms with Crippen molar-refractivity contribution in [2.75, 3.05) is 26.2 Å². The van der Waals surface area contributed by atoms with Gasteiger partial charge in [-0.2, -0.15) is 0 Å². The van der Waals surface area contributed by atoms with Gasteiger partial charge in [0, 0.05) is 31.9 Å². The summed E-state index contributed by atoms with van der Waals surface area (Å²) in [4.78, 5) is 4.52. The number of rotatable bonds is 1. The third-order valence-corrected chi connectivity index (χ3v) is 4.70. The van der Waals surface area contributed by atoms with E-state index >= 15 is 0 Å². The molecule has 0 aliphatic carbocycles. The first-order valence-corrected chi connectivity index (χ1v) is 9.41. The molecule has 2 rings (SSSR count). The zero-order chi connectivity index (χ0) is 17.5. The fraction of sp³-hybridized carbons (Fsp3) is 0.895. The van der Waals surface area contributed by atoms with E-state index in [0.717, 1.165) is 37.9 Å². The van der Waals surface area contributed by atoms with E-state index in [1.165, 1.54) is 38.5 Å². The van der Waals surface area contributed by atoms with Gasteiger partial charge in [0.05, 0.1) is 0 Å². The van der Waals surface area contributed by atoms with Gasteiger partial charge in [0.2, 0.25) is 0 Å². The van der Waals surface area contributed by atoms with Gasteiger partial charge in [-0.25, -0.2) is 0 Å². The van der Waals surface area contributed by atoms with E-state index in [1.54, 1.807) is 0 Å². The van der Waals surface area contributed by atoms with Gasteiger partial charge in [-0.3, -0.25) is 5.41 Å². The summed E-state index contributed by atoms with van der Waals surface area (Å²) in [6.07, 6.45) is 7.80. The third kappa shape index (κ3) is 6.92. The first-order valence-electron chi connectivity index (χ1n) is 9.41. The fourth-order valence-electron chi connectivity index (χ4n) is 3.28. The highest BCUT2D eigenvalue weighted by molar-refractivity contribution is 5.87. The summed E-state index contributed by atoms with van der Waals surface area (Å²) in [5.74, 6) is 1.19. The zero-order valence-electron chi connectivity index (χ0n) is 16.0. The van der Waals surface area contributed by atoms with Gasteiger partial charge in [-0.15, -0.1) is 0 Å². The summed E-state index contributed by atoms with van der Waals surface area (Å²) in [5, 5.41) is 15.7. The molecule has 0 aromatic rings. The van der Waals surface area contributed by atoms with Crippen LogP contribution in [-0.4, -0.2) is 47.7 Å². The molecule has 4 nitrogen and oxygen atoms in total. The van der Waals surface area contributed by atoms with Crippen LogP contribution in [0.4, 0.5) is 0 Å². The number of nitrogens with one attached hydrogen (secondary N) is 2. The largest absolute Gasteiger partial charge is 0.343 e. The van der Waals surface area contributed by atoms with Crippen molar-refractivity contribution < 1.29 is 0 Å². The maximum absolute atomic E-state index is 8.13. The maximum Gasteiger partial charge on any atom is 0.193 e. The van der Waals surface area contributed by atoms with E-state index in [9.17, 15) is 0 Å². The monoisotopic (exact) mass is 322 g/mol. The summed E-state index contributed by atoms with van der Waals surface area (Å²) in [5.41, 5.74) is 0.899. The van der Waals surface area contributed by atoms with E-state index in [2.05, 4.69) is 44.4 Å². The third-order valence-electron chi connectivity index (χ3n) is 4.70. The molecule has 2 aliphatic rings. The molecule has 0 aromatic carbocycles. The highest BCUT2D eigenvalue weighted by Gasteiger charge is 2.20. The van der Waals surface area contributed by atoms with Gasteiger partial charge < -0.3 is 15.2 Å². The van der Waals surface area contributed by atoms with E-state index in [0.29, 0.717) is 5.92 Å². The molecule has 2 N–H and O–H groups in total. The van der Waals surface area contributed by atoms with Crippen LogP contribution < -0.4 is 0 Å². The lowest BCUT2D eigenvalue weighted by molar-refractivity contribution is 0.255. The van der Waals surface area contributed by atoms with Crippen LogP contribution in [0.5, 0.6) is 0 Å². The van der Waals surface area contributed by atoms with Gasteiger partial charge in [0.25, 0.3) is 0 Å². The molecule has 0 unspecified atom stereocenters. The Balaban J connectivity index is 0.000000257. The molecule has 2 aliphatic heterocycles. The first kappa shape index (κ1) is 20.0. The normalized spacial score (nSPS) is 19.2.